The fourth-order valence-electron chi connectivity index (χ4n) is 1.49. The molecule has 0 atom stereocenters. The van der Waals surface area contributed by atoms with E-state index in [2.05, 4.69) is 15.3 Å². The highest BCUT2D eigenvalue weighted by Crippen LogP contribution is 2.17. The lowest BCUT2D eigenvalue weighted by Crippen LogP contribution is -1.91. The minimum Gasteiger partial charge on any atom is -0.266 e. The number of aromatic nitrogens is 4. The van der Waals surface area contributed by atoms with Gasteiger partial charge in [-0.3, -0.25) is 4.68 Å². The summed E-state index contributed by atoms with van der Waals surface area (Å²) in [5.41, 5.74) is 3.00. The van der Waals surface area contributed by atoms with Crippen molar-refractivity contribution in [3.63, 3.8) is 0 Å². The van der Waals surface area contributed by atoms with Gasteiger partial charge in [-0.15, -0.1) is 0 Å². The van der Waals surface area contributed by atoms with Crippen LogP contribution in [0.25, 0.3) is 10.9 Å². The lowest BCUT2D eigenvalue weighted by molar-refractivity contribution is 0.781. The van der Waals surface area contributed by atoms with E-state index in [9.17, 15) is 0 Å². The fraction of sp³-hybridized carbons (Fsp3) is 0.375. The molecule has 0 bridgehead atoms. The lowest BCUT2D eigenvalue weighted by Gasteiger charge is -1.93. The molecule has 0 saturated heterocycles. The number of hydrogen-bond donors (Lipinski definition) is 0. The highest BCUT2D eigenvalue weighted by atomic mass is 15.3. The van der Waals surface area contributed by atoms with Gasteiger partial charge in [0, 0.05) is 12.4 Å². The van der Waals surface area contributed by atoms with Crippen LogP contribution in [0.3, 0.4) is 0 Å². The van der Waals surface area contributed by atoms with Crippen molar-refractivity contribution in [1.29, 1.82) is 0 Å². The molecule has 4 heteroatoms. The van der Waals surface area contributed by atoms with Crippen LogP contribution < -0.4 is 0 Å². The van der Waals surface area contributed by atoms with Crippen LogP contribution in [0, 0.1) is 13.8 Å². The summed E-state index contributed by atoms with van der Waals surface area (Å²) in [7, 11) is 1.91. The molecule has 12 heavy (non-hydrogen) atoms. The Bertz CT molecular complexity index is 430. The van der Waals surface area contributed by atoms with E-state index >= 15 is 0 Å². The van der Waals surface area contributed by atoms with Crippen molar-refractivity contribution in [2.24, 2.45) is 7.05 Å². The third-order valence-corrected chi connectivity index (χ3v) is 2.02. The van der Waals surface area contributed by atoms with Gasteiger partial charge in [0.1, 0.15) is 0 Å². The minimum atomic E-state index is 0.943. The maximum atomic E-state index is 4.29. The predicted octanol–water partition coefficient (Wildman–Crippen LogP) is 0.980. The standard InChI is InChI=1S/C8H10N4/c1-5-8-6(2)11-12(3)7(8)4-9-10-5/h4H,1-3H3. The summed E-state index contributed by atoms with van der Waals surface area (Å²) in [6.45, 7) is 3.93. The first-order valence-corrected chi connectivity index (χ1v) is 3.81. The molecule has 0 amide bonds. The molecule has 2 rings (SSSR count). The van der Waals surface area contributed by atoms with Crippen molar-refractivity contribution in [3.8, 4) is 0 Å². The topological polar surface area (TPSA) is 43.6 Å². The van der Waals surface area contributed by atoms with Crippen molar-refractivity contribution < 1.29 is 0 Å². The summed E-state index contributed by atoms with van der Waals surface area (Å²) in [5.74, 6) is 0. The molecule has 0 radical (unpaired) electrons. The molecule has 2 heterocycles. The Morgan fingerprint density at radius 2 is 2.00 bits per heavy atom. The molecule has 0 aromatic carbocycles. The second kappa shape index (κ2) is 2.27. The molecule has 0 saturated carbocycles. The van der Waals surface area contributed by atoms with Gasteiger partial charge in [-0.2, -0.15) is 15.3 Å². The average molecular weight is 162 g/mol. The maximum absolute atomic E-state index is 4.29. The number of hydrogen-bond acceptors (Lipinski definition) is 3. The third-order valence-electron chi connectivity index (χ3n) is 2.02. The number of aryl methyl sites for hydroxylation is 3. The van der Waals surface area contributed by atoms with E-state index in [0.29, 0.717) is 0 Å². The molecule has 0 aliphatic rings. The van der Waals surface area contributed by atoms with Crippen LogP contribution in [0.15, 0.2) is 6.20 Å². The average Bonchev–Trinajstić information content (AvgIpc) is 2.29. The maximum Gasteiger partial charge on any atom is 0.0902 e. The van der Waals surface area contributed by atoms with Crippen molar-refractivity contribution in [3.05, 3.63) is 17.6 Å². The van der Waals surface area contributed by atoms with Crippen LogP contribution in [0.4, 0.5) is 0 Å². The molecule has 2 aromatic heterocycles. The van der Waals surface area contributed by atoms with E-state index in [1.165, 1.54) is 0 Å². The molecular formula is C8H10N4. The first kappa shape index (κ1) is 7.21. The van der Waals surface area contributed by atoms with Crippen molar-refractivity contribution in [2.75, 3.05) is 0 Å². The summed E-state index contributed by atoms with van der Waals surface area (Å²) < 4.78 is 1.83. The zero-order chi connectivity index (χ0) is 8.72. The Morgan fingerprint density at radius 1 is 1.25 bits per heavy atom. The third kappa shape index (κ3) is 0.809. The smallest absolute Gasteiger partial charge is 0.0902 e. The monoisotopic (exact) mass is 162 g/mol. The highest BCUT2D eigenvalue weighted by molar-refractivity contribution is 5.82. The molecule has 0 N–H and O–H groups in total. The van der Waals surface area contributed by atoms with Crippen LogP contribution in [-0.4, -0.2) is 20.0 Å². The number of fused-ring (bicyclic) bond motifs is 1. The van der Waals surface area contributed by atoms with Crippen LogP contribution >= 0.6 is 0 Å². The molecule has 2 aromatic rings. The first-order valence-electron chi connectivity index (χ1n) is 3.81. The minimum absolute atomic E-state index is 0.943. The van der Waals surface area contributed by atoms with Crippen LogP contribution in [0.1, 0.15) is 11.4 Å². The van der Waals surface area contributed by atoms with Gasteiger partial charge in [0.15, 0.2) is 0 Å². The van der Waals surface area contributed by atoms with Gasteiger partial charge in [-0.05, 0) is 13.8 Å². The summed E-state index contributed by atoms with van der Waals surface area (Å²) >= 11 is 0. The Balaban J connectivity index is 2.99. The molecule has 0 aliphatic heterocycles. The van der Waals surface area contributed by atoms with Gasteiger partial charge in [-0.1, -0.05) is 0 Å². The van der Waals surface area contributed by atoms with E-state index in [0.717, 1.165) is 22.3 Å². The predicted molar refractivity (Wildman–Crippen MR) is 45.8 cm³/mol. The Hall–Kier alpha value is -1.45. The molecular weight excluding hydrogens is 152 g/mol. The van der Waals surface area contributed by atoms with Gasteiger partial charge < -0.3 is 0 Å². The Labute approximate surface area is 70.2 Å². The lowest BCUT2D eigenvalue weighted by atomic mass is 10.2. The van der Waals surface area contributed by atoms with E-state index < -0.39 is 0 Å². The van der Waals surface area contributed by atoms with Gasteiger partial charge in [0.25, 0.3) is 0 Å². The normalized spacial score (nSPS) is 10.9. The summed E-state index contributed by atoms with van der Waals surface area (Å²) in [6, 6.07) is 0. The van der Waals surface area contributed by atoms with Crippen LogP contribution in [0.2, 0.25) is 0 Å². The van der Waals surface area contributed by atoms with Gasteiger partial charge in [-0.25, -0.2) is 0 Å². The quantitative estimate of drug-likeness (QED) is 0.580. The fourth-order valence-corrected chi connectivity index (χ4v) is 1.49. The number of rotatable bonds is 0. The van der Waals surface area contributed by atoms with Crippen LogP contribution in [-0.2, 0) is 7.05 Å². The van der Waals surface area contributed by atoms with E-state index in [4.69, 9.17) is 0 Å². The van der Waals surface area contributed by atoms with Crippen molar-refractivity contribution in [2.45, 2.75) is 13.8 Å². The van der Waals surface area contributed by atoms with E-state index in [-0.39, 0.29) is 0 Å². The Morgan fingerprint density at radius 3 is 2.67 bits per heavy atom. The molecule has 0 spiro atoms. The molecule has 4 nitrogen and oxygen atoms in total. The second-order valence-corrected chi connectivity index (χ2v) is 2.90. The number of nitrogens with zero attached hydrogens (tertiary/aromatic N) is 4. The zero-order valence-corrected chi connectivity index (χ0v) is 7.37. The van der Waals surface area contributed by atoms with Crippen molar-refractivity contribution >= 4 is 10.9 Å². The summed E-state index contributed by atoms with van der Waals surface area (Å²) in [5, 5.41) is 13.3. The molecule has 0 aliphatic carbocycles. The molecule has 62 valence electrons. The summed E-state index contributed by atoms with van der Waals surface area (Å²) in [6.07, 6.45) is 1.74. The van der Waals surface area contributed by atoms with Gasteiger partial charge in [0.05, 0.1) is 23.1 Å². The van der Waals surface area contributed by atoms with E-state index in [1.54, 1.807) is 6.20 Å². The second-order valence-electron chi connectivity index (χ2n) is 2.90. The zero-order valence-electron chi connectivity index (χ0n) is 7.37. The van der Waals surface area contributed by atoms with Crippen molar-refractivity contribution in [1.82, 2.24) is 20.0 Å². The summed E-state index contributed by atoms with van der Waals surface area (Å²) in [4.78, 5) is 0. The first-order chi connectivity index (χ1) is 5.70. The SMILES string of the molecule is Cc1nncc2c1c(C)nn2C. The van der Waals surface area contributed by atoms with E-state index in [1.807, 2.05) is 25.6 Å². The molecule has 0 unspecified atom stereocenters. The van der Waals surface area contributed by atoms with Crippen LogP contribution in [0.5, 0.6) is 0 Å². The Kier molecular flexibility index (Phi) is 1.36. The molecule has 0 fully saturated rings. The highest BCUT2D eigenvalue weighted by Gasteiger charge is 2.07. The van der Waals surface area contributed by atoms with Gasteiger partial charge in [0.2, 0.25) is 0 Å². The largest absolute Gasteiger partial charge is 0.266 e. The van der Waals surface area contributed by atoms with Gasteiger partial charge >= 0.3 is 0 Å².